The van der Waals surface area contributed by atoms with Gasteiger partial charge in [-0.2, -0.15) is 0 Å². The molecule has 0 fully saturated rings. The van der Waals surface area contributed by atoms with Gasteiger partial charge in [0.05, 0.1) is 24.1 Å². The third-order valence-corrected chi connectivity index (χ3v) is 5.92. The Morgan fingerprint density at radius 3 is 2.58 bits per heavy atom. The number of nitrogens with two attached hydrogens (primary N) is 1. The van der Waals surface area contributed by atoms with Gasteiger partial charge in [-0.15, -0.1) is 11.6 Å². The van der Waals surface area contributed by atoms with Crippen LogP contribution in [-0.2, 0) is 6.61 Å². The molecule has 7 nitrogen and oxygen atoms in total. The molecule has 2 aromatic heterocycles. The van der Waals surface area contributed by atoms with E-state index in [-0.39, 0.29) is 0 Å². The fourth-order valence-electron chi connectivity index (χ4n) is 4.07. The van der Waals surface area contributed by atoms with E-state index in [1.54, 1.807) is 7.11 Å². The number of methoxy groups -OCH3 is 1. The normalized spacial score (nSPS) is 10.9. The van der Waals surface area contributed by atoms with Crippen LogP contribution in [0.5, 0.6) is 17.2 Å². The number of alkyl halides is 1. The van der Waals surface area contributed by atoms with E-state index in [1.807, 2.05) is 83.6 Å². The lowest BCUT2D eigenvalue weighted by Gasteiger charge is -2.12. The maximum absolute atomic E-state index is 6.33. The van der Waals surface area contributed by atoms with Crippen molar-refractivity contribution in [3.05, 3.63) is 90.9 Å². The van der Waals surface area contributed by atoms with Crippen LogP contribution in [0.2, 0.25) is 0 Å². The summed E-state index contributed by atoms with van der Waals surface area (Å²) in [5.74, 6) is 2.81. The number of hydrogen-bond acceptors (Lipinski definition) is 6. The number of benzene rings is 3. The highest BCUT2D eigenvalue weighted by molar-refractivity contribution is 6.18. The molecule has 2 heterocycles. The monoisotopic (exact) mass is 500 g/mol. The number of nitrogens with zero attached hydrogens (tertiary/aromatic N) is 3. The van der Waals surface area contributed by atoms with Crippen molar-refractivity contribution in [1.29, 1.82) is 0 Å². The second-order valence-electron chi connectivity index (χ2n) is 8.05. The summed E-state index contributed by atoms with van der Waals surface area (Å²) in [5, 5.41) is 0.754. The van der Waals surface area contributed by atoms with Gasteiger partial charge in [0.2, 0.25) is 0 Å². The number of aromatic nitrogens is 3. The molecule has 0 unspecified atom stereocenters. The minimum Gasteiger partial charge on any atom is -0.493 e. The first-order chi connectivity index (χ1) is 17.7. The maximum Gasteiger partial charge on any atom is 0.161 e. The molecule has 0 saturated carbocycles. The third-order valence-electron chi connectivity index (χ3n) is 5.77. The number of fused-ring (bicyclic) bond motifs is 1. The second kappa shape index (κ2) is 10.6. The summed E-state index contributed by atoms with van der Waals surface area (Å²) in [6.45, 7) is 0.870. The van der Waals surface area contributed by atoms with Crippen LogP contribution in [0.3, 0.4) is 0 Å². The Balaban J connectivity index is 1.54. The number of anilines is 1. The van der Waals surface area contributed by atoms with Crippen molar-refractivity contribution in [3.8, 4) is 34.1 Å². The van der Waals surface area contributed by atoms with Gasteiger partial charge in [-0.3, -0.25) is 0 Å². The smallest absolute Gasteiger partial charge is 0.161 e. The predicted molar refractivity (Wildman–Crippen MR) is 142 cm³/mol. The second-order valence-corrected chi connectivity index (χ2v) is 8.42. The molecule has 0 aliphatic heterocycles. The van der Waals surface area contributed by atoms with Crippen LogP contribution in [0.15, 0.2) is 85.3 Å². The van der Waals surface area contributed by atoms with E-state index in [0.29, 0.717) is 42.1 Å². The largest absolute Gasteiger partial charge is 0.493 e. The SMILES string of the molecule is COc1cc(-c2cn(-c3cccc(OCCCl)c3)c3ncnc(N)c23)ccc1OCc1ccccc1. The minimum atomic E-state index is 0.395. The molecule has 36 heavy (non-hydrogen) atoms. The Morgan fingerprint density at radius 2 is 1.78 bits per heavy atom. The highest BCUT2D eigenvalue weighted by Crippen LogP contribution is 2.39. The quantitative estimate of drug-likeness (QED) is 0.255. The van der Waals surface area contributed by atoms with Crippen LogP contribution in [-0.4, -0.2) is 34.1 Å². The number of rotatable bonds is 9. The van der Waals surface area contributed by atoms with E-state index in [4.69, 9.17) is 31.5 Å². The van der Waals surface area contributed by atoms with Crippen LogP contribution < -0.4 is 19.9 Å². The molecule has 2 N–H and O–H groups in total. The Labute approximate surface area is 214 Å². The Kier molecular flexibility index (Phi) is 6.91. The first-order valence-corrected chi connectivity index (χ1v) is 12.0. The molecule has 0 aliphatic rings. The van der Waals surface area contributed by atoms with E-state index in [1.165, 1.54) is 6.33 Å². The molecule has 5 aromatic rings. The van der Waals surface area contributed by atoms with E-state index < -0.39 is 0 Å². The van der Waals surface area contributed by atoms with Crippen LogP contribution in [0.4, 0.5) is 5.82 Å². The lowest BCUT2D eigenvalue weighted by atomic mass is 10.1. The molecule has 3 aromatic carbocycles. The van der Waals surface area contributed by atoms with Crippen molar-refractivity contribution < 1.29 is 14.2 Å². The lowest BCUT2D eigenvalue weighted by Crippen LogP contribution is -2.00. The fourth-order valence-corrected chi connectivity index (χ4v) is 4.15. The standard InChI is InChI=1S/C28H25ClN4O3/c1-34-25-14-20(10-11-24(25)36-17-19-6-3-2-4-7-19)23-16-33(28-26(23)27(30)31-18-32-28)21-8-5-9-22(15-21)35-13-12-29/h2-11,14-16,18H,12-13,17H2,1H3,(H2,30,31,32). The highest BCUT2D eigenvalue weighted by atomic mass is 35.5. The van der Waals surface area contributed by atoms with E-state index in [9.17, 15) is 0 Å². The van der Waals surface area contributed by atoms with Gasteiger partial charge in [0.1, 0.15) is 31.1 Å². The van der Waals surface area contributed by atoms with E-state index in [0.717, 1.165) is 33.5 Å². The van der Waals surface area contributed by atoms with Crippen LogP contribution >= 0.6 is 11.6 Å². The van der Waals surface area contributed by atoms with Crippen LogP contribution in [0.25, 0.3) is 27.8 Å². The first-order valence-electron chi connectivity index (χ1n) is 11.4. The maximum atomic E-state index is 6.33. The predicted octanol–water partition coefficient (Wildman–Crippen LogP) is 5.87. The van der Waals surface area contributed by atoms with Crippen LogP contribution in [0.1, 0.15) is 5.56 Å². The van der Waals surface area contributed by atoms with Crippen molar-refractivity contribution in [2.75, 3.05) is 25.3 Å². The molecule has 0 aliphatic carbocycles. The zero-order valence-corrected chi connectivity index (χ0v) is 20.5. The first kappa shape index (κ1) is 23.5. The summed E-state index contributed by atoms with van der Waals surface area (Å²) >= 11 is 5.78. The Hall–Kier alpha value is -4.23. The molecule has 0 atom stereocenters. The molecule has 0 spiro atoms. The summed E-state index contributed by atoms with van der Waals surface area (Å²) in [4.78, 5) is 8.77. The number of nitrogen functional groups attached to an aromatic ring is 1. The van der Waals surface area contributed by atoms with Crippen molar-refractivity contribution in [1.82, 2.24) is 14.5 Å². The van der Waals surface area contributed by atoms with Crippen molar-refractivity contribution >= 4 is 28.5 Å². The third kappa shape index (κ3) is 4.78. The molecule has 8 heteroatoms. The molecule has 0 amide bonds. The van der Waals surface area contributed by atoms with E-state index in [2.05, 4.69) is 9.97 Å². The lowest BCUT2D eigenvalue weighted by molar-refractivity contribution is 0.284. The molecule has 182 valence electrons. The molecule has 5 rings (SSSR count). The van der Waals surface area contributed by atoms with Gasteiger partial charge in [-0.25, -0.2) is 9.97 Å². The number of halogens is 1. The zero-order valence-electron chi connectivity index (χ0n) is 19.7. The van der Waals surface area contributed by atoms with Crippen molar-refractivity contribution in [3.63, 3.8) is 0 Å². The minimum absolute atomic E-state index is 0.395. The average molecular weight is 501 g/mol. The zero-order chi connectivity index (χ0) is 24.9. The van der Waals surface area contributed by atoms with Gasteiger partial charge in [-0.1, -0.05) is 42.5 Å². The summed E-state index contributed by atoms with van der Waals surface area (Å²) in [5.41, 5.74) is 10.8. The Morgan fingerprint density at radius 1 is 0.917 bits per heavy atom. The molecule has 0 saturated heterocycles. The molecule has 0 radical (unpaired) electrons. The van der Waals surface area contributed by atoms with Gasteiger partial charge in [0.25, 0.3) is 0 Å². The Bertz CT molecular complexity index is 1490. The van der Waals surface area contributed by atoms with E-state index >= 15 is 0 Å². The van der Waals surface area contributed by atoms with Crippen molar-refractivity contribution in [2.24, 2.45) is 0 Å². The summed E-state index contributed by atoms with van der Waals surface area (Å²) in [6.07, 6.45) is 3.46. The van der Waals surface area contributed by atoms with Gasteiger partial charge in [-0.05, 0) is 35.4 Å². The number of hydrogen-bond donors (Lipinski definition) is 1. The van der Waals surface area contributed by atoms with Crippen LogP contribution in [0, 0.1) is 0 Å². The van der Waals surface area contributed by atoms with Crippen molar-refractivity contribution in [2.45, 2.75) is 6.61 Å². The van der Waals surface area contributed by atoms with Gasteiger partial charge in [0.15, 0.2) is 17.1 Å². The summed E-state index contributed by atoms with van der Waals surface area (Å²) in [6, 6.07) is 23.6. The number of ether oxygens (including phenoxy) is 3. The summed E-state index contributed by atoms with van der Waals surface area (Å²) < 4.78 is 19.4. The topological polar surface area (TPSA) is 84.4 Å². The highest BCUT2D eigenvalue weighted by Gasteiger charge is 2.18. The summed E-state index contributed by atoms with van der Waals surface area (Å²) in [7, 11) is 1.63. The molecular weight excluding hydrogens is 476 g/mol. The van der Waals surface area contributed by atoms with Gasteiger partial charge in [0, 0.05) is 17.8 Å². The molecular formula is C28H25ClN4O3. The van der Waals surface area contributed by atoms with Gasteiger partial charge < -0.3 is 24.5 Å². The average Bonchev–Trinajstić information content (AvgIpc) is 3.32. The molecule has 0 bridgehead atoms. The van der Waals surface area contributed by atoms with Gasteiger partial charge >= 0.3 is 0 Å². The fraction of sp³-hybridized carbons (Fsp3) is 0.143.